The summed E-state index contributed by atoms with van der Waals surface area (Å²) in [5, 5.41) is 0. The summed E-state index contributed by atoms with van der Waals surface area (Å²) in [7, 11) is 3.24. The molecule has 3 heteroatoms. The molecule has 1 heterocycles. The molecule has 0 saturated carbocycles. The topological polar surface area (TPSA) is 27.7 Å². The van der Waals surface area contributed by atoms with Crippen molar-refractivity contribution in [3.05, 3.63) is 35.9 Å². The van der Waals surface area contributed by atoms with Gasteiger partial charge in [0.05, 0.1) is 6.61 Å². The quantitative estimate of drug-likeness (QED) is 0.735. The van der Waals surface area contributed by atoms with Crippen LogP contribution in [-0.4, -0.2) is 26.8 Å². The fraction of sp³-hybridized carbons (Fsp3) is 0.538. The SMILES string of the molecule is COC1(OC)OCC(c2ccccc2)C1C. The van der Waals surface area contributed by atoms with Crippen LogP contribution in [0.15, 0.2) is 30.3 Å². The predicted octanol–water partition coefficient (Wildman–Crippen LogP) is 2.38. The summed E-state index contributed by atoms with van der Waals surface area (Å²) in [6.07, 6.45) is 0. The lowest BCUT2D eigenvalue weighted by Crippen LogP contribution is -2.39. The summed E-state index contributed by atoms with van der Waals surface area (Å²) < 4.78 is 16.4. The Bertz CT molecular complexity index is 332. The predicted molar refractivity (Wildman–Crippen MR) is 61.0 cm³/mol. The van der Waals surface area contributed by atoms with Gasteiger partial charge in [0, 0.05) is 26.1 Å². The Labute approximate surface area is 96.3 Å². The summed E-state index contributed by atoms with van der Waals surface area (Å²) >= 11 is 0. The molecule has 0 radical (unpaired) electrons. The minimum absolute atomic E-state index is 0.171. The largest absolute Gasteiger partial charge is 0.331 e. The van der Waals surface area contributed by atoms with E-state index in [0.717, 1.165) is 0 Å². The first kappa shape index (κ1) is 11.6. The van der Waals surface area contributed by atoms with Crippen molar-refractivity contribution in [3.63, 3.8) is 0 Å². The van der Waals surface area contributed by atoms with Gasteiger partial charge < -0.3 is 14.2 Å². The molecule has 1 aromatic rings. The van der Waals surface area contributed by atoms with Crippen molar-refractivity contribution >= 4 is 0 Å². The lowest BCUT2D eigenvalue weighted by atomic mass is 9.88. The smallest absolute Gasteiger partial charge is 0.285 e. The number of hydrogen-bond acceptors (Lipinski definition) is 3. The average molecular weight is 222 g/mol. The molecule has 2 atom stereocenters. The molecule has 0 bridgehead atoms. The summed E-state index contributed by atoms with van der Waals surface area (Å²) in [6, 6.07) is 10.3. The summed E-state index contributed by atoms with van der Waals surface area (Å²) in [6.45, 7) is 2.73. The lowest BCUT2D eigenvalue weighted by molar-refractivity contribution is -0.358. The van der Waals surface area contributed by atoms with Gasteiger partial charge in [0.2, 0.25) is 0 Å². The van der Waals surface area contributed by atoms with Gasteiger partial charge in [0.25, 0.3) is 5.97 Å². The number of benzene rings is 1. The molecule has 88 valence electrons. The molecule has 0 amide bonds. The molecule has 1 fully saturated rings. The Morgan fingerprint density at radius 2 is 1.81 bits per heavy atom. The van der Waals surface area contributed by atoms with Crippen LogP contribution in [0.25, 0.3) is 0 Å². The Hall–Kier alpha value is -0.900. The van der Waals surface area contributed by atoms with E-state index in [1.165, 1.54) is 5.56 Å². The second-order valence-corrected chi connectivity index (χ2v) is 4.13. The van der Waals surface area contributed by atoms with Crippen LogP contribution in [0.4, 0.5) is 0 Å². The second kappa shape index (κ2) is 4.53. The van der Waals surface area contributed by atoms with Gasteiger partial charge in [-0.1, -0.05) is 37.3 Å². The van der Waals surface area contributed by atoms with Crippen LogP contribution in [0.1, 0.15) is 18.4 Å². The highest BCUT2D eigenvalue weighted by Crippen LogP contribution is 2.42. The van der Waals surface area contributed by atoms with Crippen molar-refractivity contribution in [1.29, 1.82) is 0 Å². The Morgan fingerprint density at radius 1 is 1.19 bits per heavy atom. The Morgan fingerprint density at radius 3 is 2.31 bits per heavy atom. The zero-order valence-electron chi connectivity index (χ0n) is 9.97. The maximum atomic E-state index is 5.67. The van der Waals surface area contributed by atoms with Crippen LogP contribution in [0, 0.1) is 5.92 Å². The number of hydrogen-bond donors (Lipinski definition) is 0. The molecule has 1 aromatic carbocycles. The molecule has 1 aliphatic rings. The monoisotopic (exact) mass is 222 g/mol. The van der Waals surface area contributed by atoms with Gasteiger partial charge in [0.1, 0.15) is 0 Å². The van der Waals surface area contributed by atoms with Gasteiger partial charge in [-0.3, -0.25) is 0 Å². The maximum absolute atomic E-state index is 5.67. The zero-order valence-corrected chi connectivity index (χ0v) is 9.97. The van der Waals surface area contributed by atoms with E-state index in [1.54, 1.807) is 14.2 Å². The molecule has 2 unspecified atom stereocenters. The van der Waals surface area contributed by atoms with Gasteiger partial charge >= 0.3 is 0 Å². The molecular weight excluding hydrogens is 204 g/mol. The van der Waals surface area contributed by atoms with Gasteiger partial charge in [-0.15, -0.1) is 0 Å². The van der Waals surface area contributed by atoms with Crippen molar-refractivity contribution < 1.29 is 14.2 Å². The molecule has 2 rings (SSSR count). The minimum Gasteiger partial charge on any atom is -0.331 e. The third-order valence-corrected chi connectivity index (χ3v) is 3.42. The van der Waals surface area contributed by atoms with Crippen molar-refractivity contribution in [2.45, 2.75) is 18.8 Å². The van der Waals surface area contributed by atoms with Gasteiger partial charge in [-0.25, -0.2) is 0 Å². The molecule has 0 spiro atoms. The normalized spacial score (nSPS) is 28.2. The summed E-state index contributed by atoms with van der Waals surface area (Å²) in [4.78, 5) is 0. The fourth-order valence-electron chi connectivity index (χ4n) is 2.39. The van der Waals surface area contributed by atoms with E-state index in [0.29, 0.717) is 12.5 Å². The molecule has 0 N–H and O–H groups in total. The molecule has 3 nitrogen and oxygen atoms in total. The third kappa shape index (κ3) is 1.75. The zero-order chi connectivity index (χ0) is 11.6. The number of rotatable bonds is 3. The van der Waals surface area contributed by atoms with E-state index >= 15 is 0 Å². The van der Waals surface area contributed by atoms with Crippen LogP contribution in [0.3, 0.4) is 0 Å². The first-order chi connectivity index (χ1) is 7.73. The van der Waals surface area contributed by atoms with E-state index < -0.39 is 5.97 Å². The highest BCUT2D eigenvalue weighted by Gasteiger charge is 2.49. The van der Waals surface area contributed by atoms with Gasteiger partial charge in [0.15, 0.2) is 0 Å². The highest BCUT2D eigenvalue weighted by molar-refractivity contribution is 5.21. The van der Waals surface area contributed by atoms with E-state index in [1.807, 2.05) is 18.2 Å². The van der Waals surface area contributed by atoms with E-state index in [9.17, 15) is 0 Å². The van der Waals surface area contributed by atoms with Crippen molar-refractivity contribution in [2.75, 3.05) is 20.8 Å². The summed E-state index contributed by atoms with van der Waals surface area (Å²) in [5.41, 5.74) is 1.27. The number of ether oxygens (including phenoxy) is 3. The first-order valence-electron chi connectivity index (χ1n) is 5.52. The molecule has 0 aromatic heterocycles. The standard InChI is InChI=1S/C13H18O3/c1-10-12(11-7-5-4-6-8-11)9-16-13(10,14-2)15-3/h4-8,10,12H,9H2,1-3H3. The number of methoxy groups -OCH3 is 2. The van der Waals surface area contributed by atoms with Crippen LogP contribution >= 0.6 is 0 Å². The fourth-order valence-corrected chi connectivity index (χ4v) is 2.39. The van der Waals surface area contributed by atoms with Crippen molar-refractivity contribution in [1.82, 2.24) is 0 Å². The molecule has 1 saturated heterocycles. The van der Waals surface area contributed by atoms with E-state index in [4.69, 9.17) is 14.2 Å². The van der Waals surface area contributed by atoms with Crippen molar-refractivity contribution in [2.24, 2.45) is 5.92 Å². The van der Waals surface area contributed by atoms with Crippen LogP contribution in [-0.2, 0) is 14.2 Å². The van der Waals surface area contributed by atoms with Gasteiger partial charge in [-0.2, -0.15) is 0 Å². The maximum Gasteiger partial charge on any atom is 0.285 e. The molecule has 0 aliphatic carbocycles. The minimum atomic E-state index is -0.888. The average Bonchev–Trinajstić information content (AvgIpc) is 2.68. The van der Waals surface area contributed by atoms with Crippen LogP contribution in [0.2, 0.25) is 0 Å². The Kier molecular flexibility index (Phi) is 3.28. The molecular formula is C13H18O3. The Balaban J connectivity index is 2.22. The molecule has 16 heavy (non-hydrogen) atoms. The second-order valence-electron chi connectivity index (χ2n) is 4.13. The van der Waals surface area contributed by atoms with Crippen LogP contribution in [0.5, 0.6) is 0 Å². The van der Waals surface area contributed by atoms with Gasteiger partial charge in [-0.05, 0) is 5.56 Å². The van der Waals surface area contributed by atoms with Crippen LogP contribution < -0.4 is 0 Å². The van der Waals surface area contributed by atoms with E-state index in [-0.39, 0.29) is 5.92 Å². The molecule has 1 aliphatic heterocycles. The highest BCUT2D eigenvalue weighted by atomic mass is 16.9. The first-order valence-corrected chi connectivity index (χ1v) is 5.52. The lowest BCUT2D eigenvalue weighted by Gasteiger charge is -2.30. The van der Waals surface area contributed by atoms with E-state index in [2.05, 4.69) is 19.1 Å². The third-order valence-electron chi connectivity index (χ3n) is 3.42. The summed E-state index contributed by atoms with van der Waals surface area (Å²) in [5.74, 6) is -0.397. The van der Waals surface area contributed by atoms with Crippen molar-refractivity contribution in [3.8, 4) is 0 Å².